The highest BCUT2D eigenvalue weighted by molar-refractivity contribution is 6.33. The van der Waals surface area contributed by atoms with Crippen molar-refractivity contribution in [2.75, 3.05) is 0 Å². The molecule has 0 saturated heterocycles. The molecule has 0 amide bonds. The van der Waals surface area contributed by atoms with Gasteiger partial charge in [0.1, 0.15) is 5.82 Å². The first-order valence-electron chi connectivity index (χ1n) is 4.33. The van der Waals surface area contributed by atoms with Crippen molar-refractivity contribution in [3.05, 3.63) is 35.1 Å². The summed E-state index contributed by atoms with van der Waals surface area (Å²) in [4.78, 5) is 21.0. The summed E-state index contributed by atoms with van der Waals surface area (Å²) in [5.41, 5.74) is -1.90. The number of carbonyl (C=O) groups is 2. The molecule has 1 N–H and O–H groups in total. The molecule has 0 bridgehead atoms. The van der Waals surface area contributed by atoms with Crippen LogP contribution < -0.4 is 0 Å². The zero-order valence-corrected chi connectivity index (χ0v) is 8.21. The second-order valence-electron chi connectivity index (χ2n) is 3.20. The van der Waals surface area contributed by atoms with Crippen molar-refractivity contribution in [2.24, 2.45) is 0 Å². The highest BCUT2D eigenvalue weighted by atomic mass is 19.4. The second-order valence-corrected chi connectivity index (χ2v) is 3.20. The minimum atomic E-state index is -4.76. The molecule has 1 rings (SSSR count). The van der Waals surface area contributed by atoms with E-state index >= 15 is 0 Å². The molecule has 0 unspecified atom stereocenters. The number of hydrogen-bond acceptors (Lipinski definition) is 2. The number of benzene rings is 1. The number of carboxylic acids is 1. The predicted molar refractivity (Wildman–Crippen MR) is 47.7 cm³/mol. The van der Waals surface area contributed by atoms with Crippen molar-refractivity contribution in [1.82, 2.24) is 0 Å². The summed E-state index contributed by atoms with van der Waals surface area (Å²) in [5, 5.41) is 8.28. The zero-order chi connectivity index (χ0) is 13.2. The lowest BCUT2D eigenvalue weighted by atomic mass is 10.0. The number of Topliss-reactive ketones (excluding diaryl/α,β-unsaturated/α-hetero) is 1. The van der Waals surface area contributed by atoms with Crippen LogP contribution >= 0.6 is 0 Å². The van der Waals surface area contributed by atoms with Gasteiger partial charge in [-0.15, -0.1) is 0 Å². The van der Waals surface area contributed by atoms with Gasteiger partial charge in [-0.05, 0) is 23.8 Å². The van der Waals surface area contributed by atoms with Crippen molar-refractivity contribution in [3.8, 4) is 0 Å². The Morgan fingerprint density at radius 3 is 2.29 bits per heavy atom. The lowest BCUT2D eigenvalue weighted by Crippen LogP contribution is -2.18. The predicted octanol–water partition coefficient (Wildman–Crippen LogP) is 2.04. The number of ketones is 1. The van der Waals surface area contributed by atoms with E-state index < -0.39 is 41.3 Å². The van der Waals surface area contributed by atoms with Gasteiger partial charge in [0, 0.05) is 6.42 Å². The van der Waals surface area contributed by atoms with E-state index in [2.05, 4.69) is 0 Å². The number of halogens is 4. The van der Waals surface area contributed by atoms with E-state index in [-0.39, 0.29) is 0 Å². The topological polar surface area (TPSA) is 54.4 Å². The Kier molecular flexibility index (Phi) is 3.50. The molecule has 0 saturated carbocycles. The van der Waals surface area contributed by atoms with Crippen LogP contribution in [0.1, 0.15) is 11.1 Å². The summed E-state index contributed by atoms with van der Waals surface area (Å²) in [7, 11) is 0. The minimum absolute atomic E-state index is 0.472. The van der Waals surface area contributed by atoms with Crippen LogP contribution in [0.4, 0.5) is 17.6 Å². The van der Waals surface area contributed by atoms with Crippen molar-refractivity contribution < 1.29 is 32.3 Å². The van der Waals surface area contributed by atoms with Crippen LogP contribution in [-0.2, 0) is 22.2 Å². The Labute approximate surface area is 92.7 Å². The molecule has 1 aromatic carbocycles. The first kappa shape index (κ1) is 13.1. The highest BCUT2D eigenvalue weighted by Crippen LogP contribution is 2.32. The number of rotatable bonds is 3. The van der Waals surface area contributed by atoms with Gasteiger partial charge in [-0.25, -0.2) is 9.18 Å². The molecule has 92 valence electrons. The van der Waals surface area contributed by atoms with E-state index in [1.165, 1.54) is 0 Å². The summed E-state index contributed by atoms with van der Waals surface area (Å²) < 4.78 is 50.1. The average Bonchev–Trinajstić information content (AvgIpc) is 2.15. The van der Waals surface area contributed by atoms with Gasteiger partial charge in [-0.1, -0.05) is 0 Å². The van der Waals surface area contributed by atoms with Crippen LogP contribution in [-0.4, -0.2) is 16.9 Å². The van der Waals surface area contributed by atoms with E-state index in [4.69, 9.17) is 5.11 Å². The van der Waals surface area contributed by atoms with Gasteiger partial charge >= 0.3 is 12.1 Å². The minimum Gasteiger partial charge on any atom is -0.475 e. The maximum absolute atomic E-state index is 12.8. The fourth-order valence-electron chi connectivity index (χ4n) is 1.23. The standard InChI is InChI=1S/C10H6F4O3/c11-6-1-2-7(10(12,13)14)5(3-6)4-8(15)9(16)17/h1-3H,4H2,(H,16,17). The Morgan fingerprint density at radius 2 is 1.82 bits per heavy atom. The molecule has 0 aliphatic heterocycles. The van der Waals surface area contributed by atoms with Crippen molar-refractivity contribution in [3.63, 3.8) is 0 Å². The maximum atomic E-state index is 12.8. The van der Waals surface area contributed by atoms with Crippen LogP contribution in [0.5, 0.6) is 0 Å². The third-order valence-corrected chi connectivity index (χ3v) is 1.96. The highest BCUT2D eigenvalue weighted by Gasteiger charge is 2.34. The Hall–Kier alpha value is -1.92. The van der Waals surface area contributed by atoms with Gasteiger partial charge in [-0.3, -0.25) is 4.79 Å². The first-order valence-corrected chi connectivity index (χ1v) is 4.33. The van der Waals surface area contributed by atoms with Gasteiger partial charge in [0.2, 0.25) is 5.78 Å². The lowest BCUT2D eigenvalue weighted by Gasteiger charge is -2.11. The fraction of sp³-hybridized carbons (Fsp3) is 0.200. The van der Waals surface area contributed by atoms with Crippen LogP contribution in [0.3, 0.4) is 0 Å². The molecule has 1 aromatic rings. The fourth-order valence-corrected chi connectivity index (χ4v) is 1.23. The molecule has 0 atom stereocenters. The lowest BCUT2D eigenvalue weighted by molar-refractivity contribution is -0.149. The molecular weight excluding hydrogens is 244 g/mol. The smallest absolute Gasteiger partial charge is 0.416 e. The molecule has 7 heteroatoms. The monoisotopic (exact) mass is 250 g/mol. The summed E-state index contributed by atoms with van der Waals surface area (Å²) in [6.45, 7) is 0. The molecule has 0 spiro atoms. The largest absolute Gasteiger partial charge is 0.475 e. The Balaban J connectivity index is 3.17. The molecule has 0 aliphatic rings. The molecule has 0 aliphatic carbocycles. The number of alkyl halides is 3. The third kappa shape index (κ3) is 3.27. The molecular formula is C10H6F4O3. The SMILES string of the molecule is O=C(O)C(=O)Cc1cc(F)ccc1C(F)(F)F. The van der Waals surface area contributed by atoms with Crippen LogP contribution in [0, 0.1) is 5.82 Å². The van der Waals surface area contributed by atoms with Gasteiger partial charge in [0.15, 0.2) is 0 Å². The normalized spacial score (nSPS) is 11.3. The van der Waals surface area contributed by atoms with Gasteiger partial charge < -0.3 is 5.11 Å². The third-order valence-electron chi connectivity index (χ3n) is 1.96. The van der Waals surface area contributed by atoms with Crippen LogP contribution in [0.2, 0.25) is 0 Å². The van der Waals surface area contributed by atoms with Gasteiger partial charge in [0.05, 0.1) is 5.56 Å². The molecule has 17 heavy (non-hydrogen) atoms. The van der Waals surface area contributed by atoms with Gasteiger partial charge in [-0.2, -0.15) is 13.2 Å². The van der Waals surface area contributed by atoms with Crippen LogP contribution in [0.25, 0.3) is 0 Å². The Morgan fingerprint density at radius 1 is 1.24 bits per heavy atom. The number of carbonyl (C=O) groups excluding carboxylic acids is 1. The number of aliphatic carboxylic acids is 1. The molecule has 0 radical (unpaired) electrons. The van der Waals surface area contributed by atoms with E-state index in [9.17, 15) is 27.2 Å². The second kappa shape index (κ2) is 4.52. The van der Waals surface area contributed by atoms with E-state index in [1.807, 2.05) is 0 Å². The van der Waals surface area contributed by atoms with Crippen molar-refractivity contribution in [2.45, 2.75) is 12.6 Å². The summed E-state index contributed by atoms with van der Waals surface area (Å²) in [6, 6.07) is 1.57. The van der Waals surface area contributed by atoms with Gasteiger partial charge in [0.25, 0.3) is 0 Å². The van der Waals surface area contributed by atoms with Crippen LogP contribution in [0.15, 0.2) is 18.2 Å². The number of carboxylic acid groups (broad SMARTS) is 1. The maximum Gasteiger partial charge on any atom is 0.416 e. The average molecular weight is 250 g/mol. The summed E-state index contributed by atoms with van der Waals surface area (Å²) in [6.07, 6.45) is -5.76. The summed E-state index contributed by atoms with van der Waals surface area (Å²) >= 11 is 0. The first-order chi connectivity index (χ1) is 7.71. The zero-order valence-electron chi connectivity index (χ0n) is 8.21. The van der Waals surface area contributed by atoms with Crippen molar-refractivity contribution in [1.29, 1.82) is 0 Å². The van der Waals surface area contributed by atoms with Crippen molar-refractivity contribution >= 4 is 11.8 Å². The van der Waals surface area contributed by atoms with E-state index in [1.54, 1.807) is 0 Å². The molecule has 0 fully saturated rings. The van der Waals surface area contributed by atoms with E-state index in [0.29, 0.717) is 18.2 Å². The molecule has 0 heterocycles. The quantitative estimate of drug-likeness (QED) is 0.659. The summed E-state index contributed by atoms with van der Waals surface area (Å²) in [5.74, 6) is -4.25. The molecule has 0 aromatic heterocycles. The van der Waals surface area contributed by atoms with E-state index in [0.717, 1.165) is 0 Å². The molecule has 3 nitrogen and oxygen atoms in total. The Bertz CT molecular complexity index is 465. The number of hydrogen-bond donors (Lipinski definition) is 1.